The Morgan fingerprint density at radius 2 is 1.89 bits per heavy atom. The molecule has 0 radical (unpaired) electrons. The second-order valence-electron chi connectivity index (χ2n) is 13.8. The van der Waals surface area contributed by atoms with E-state index >= 15 is 0 Å². The van der Waals surface area contributed by atoms with Gasteiger partial charge in [-0.1, -0.05) is 50.5 Å². The highest BCUT2D eigenvalue weighted by Gasteiger charge is 2.43. The van der Waals surface area contributed by atoms with Gasteiger partial charge in [0.2, 0.25) is 0 Å². The number of esters is 3. The fraction of sp³-hybridized carbons (Fsp3) is 0.568. The molecule has 248 valence electrons. The number of rotatable bonds is 14. The second-order valence-corrected chi connectivity index (χ2v) is 14.8. The molecule has 3 aliphatic carbocycles. The number of ether oxygens (including phenoxy) is 3. The van der Waals surface area contributed by atoms with E-state index in [0.29, 0.717) is 18.7 Å². The SMILES string of the molecule is CCCCc1ncc(C(OC(C)=O)C(Cc2cccs2)C(=O)OC)n1CC1C2=CC(C(C(=O)OC(C)(C)C)C3CCCC3)=C1C=C2. The standard InChI is InChI=1S/C37H48N2O6S/c1-7-8-15-32-38-21-31(34(44-23(2)40)29(35(41)43-6)20-26-14-11-18-46-26)39(32)22-30-25-16-17-27(30)28(19-25)33(24-12-9-10-13-24)36(42)45-37(3,4)5/h11,14,16-19,21,24,29-30,33-34H,7-10,12-13,15,20,22H2,1-6H3. The van der Waals surface area contributed by atoms with Crippen molar-refractivity contribution in [2.45, 2.75) is 104 Å². The van der Waals surface area contributed by atoms with Crippen LogP contribution < -0.4 is 0 Å². The van der Waals surface area contributed by atoms with Gasteiger partial charge in [-0.15, -0.1) is 11.3 Å². The number of hydrogen-bond acceptors (Lipinski definition) is 8. The van der Waals surface area contributed by atoms with E-state index in [0.717, 1.165) is 72.4 Å². The zero-order chi connectivity index (χ0) is 33.0. The van der Waals surface area contributed by atoms with E-state index in [-0.39, 0.29) is 23.7 Å². The maximum atomic E-state index is 13.7. The van der Waals surface area contributed by atoms with E-state index in [1.165, 1.54) is 14.0 Å². The van der Waals surface area contributed by atoms with Crippen LogP contribution in [0.15, 0.2) is 58.7 Å². The van der Waals surface area contributed by atoms with Crippen LogP contribution in [0.4, 0.5) is 0 Å². The minimum absolute atomic E-state index is 0.0153. The lowest BCUT2D eigenvalue weighted by atomic mass is 9.82. The lowest BCUT2D eigenvalue weighted by Crippen LogP contribution is -2.33. The fourth-order valence-corrected chi connectivity index (χ4v) is 8.00. The average Bonchev–Trinajstić information content (AvgIpc) is 3.84. The molecule has 1 saturated carbocycles. The summed E-state index contributed by atoms with van der Waals surface area (Å²) in [7, 11) is 1.37. The molecule has 2 aromatic heterocycles. The number of allylic oxidation sites excluding steroid dienone is 5. The molecule has 9 heteroatoms. The van der Waals surface area contributed by atoms with Gasteiger partial charge >= 0.3 is 17.9 Å². The average molecular weight is 649 g/mol. The van der Waals surface area contributed by atoms with E-state index < -0.39 is 29.6 Å². The Hall–Kier alpha value is -3.46. The van der Waals surface area contributed by atoms with E-state index in [4.69, 9.17) is 19.2 Å². The molecule has 4 unspecified atom stereocenters. The molecular weight excluding hydrogens is 600 g/mol. The van der Waals surface area contributed by atoms with Crippen LogP contribution in [0.25, 0.3) is 0 Å². The summed E-state index contributed by atoms with van der Waals surface area (Å²) in [6, 6.07) is 3.92. The number of aryl methyl sites for hydroxylation is 1. The number of unbranched alkanes of at least 4 members (excludes halogenated alkanes) is 1. The van der Waals surface area contributed by atoms with E-state index in [2.05, 4.69) is 29.7 Å². The number of hydrogen-bond donors (Lipinski definition) is 0. The maximum Gasteiger partial charge on any atom is 0.314 e. The van der Waals surface area contributed by atoms with Gasteiger partial charge in [-0.25, -0.2) is 4.98 Å². The van der Waals surface area contributed by atoms with Crippen LogP contribution in [0.2, 0.25) is 0 Å². The van der Waals surface area contributed by atoms with E-state index in [1.54, 1.807) is 17.5 Å². The number of carbonyl (C=O) groups excluding carboxylic acids is 3. The van der Waals surface area contributed by atoms with E-state index in [1.807, 2.05) is 38.3 Å². The van der Waals surface area contributed by atoms with Gasteiger partial charge in [-0.2, -0.15) is 0 Å². The molecule has 8 nitrogen and oxygen atoms in total. The second kappa shape index (κ2) is 14.5. The quantitative estimate of drug-likeness (QED) is 0.155. The molecule has 0 N–H and O–H groups in total. The summed E-state index contributed by atoms with van der Waals surface area (Å²) in [5.41, 5.74) is 3.49. The van der Waals surface area contributed by atoms with Gasteiger partial charge in [0.05, 0.1) is 24.9 Å². The molecule has 3 aliphatic rings. The number of aromatic nitrogens is 2. The van der Waals surface area contributed by atoms with Gasteiger partial charge in [-0.3, -0.25) is 14.4 Å². The van der Waals surface area contributed by atoms with Crippen LogP contribution in [-0.2, 0) is 48.0 Å². The van der Waals surface area contributed by atoms with Crippen molar-refractivity contribution >= 4 is 29.2 Å². The lowest BCUT2D eigenvalue weighted by Gasteiger charge is -2.29. The molecule has 4 atom stereocenters. The molecule has 0 aliphatic heterocycles. The third-order valence-corrected chi connectivity index (χ3v) is 10.2. The zero-order valence-electron chi connectivity index (χ0n) is 28.0. The van der Waals surface area contributed by atoms with Crippen molar-refractivity contribution in [1.29, 1.82) is 0 Å². The Morgan fingerprint density at radius 3 is 2.52 bits per heavy atom. The summed E-state index contributed by atoms with van der Waals surface area (Å²) < 4.78 is 19.4. The highest BCUT2D eigenvalue weighted by atomic mass is 32.1. The van der Waals surface area contributed by atoms with Crippen LogP contribution in [0, 0.1) is 23.7 Å². The molecule has 0 spiro atoms. The molecule has 2 bridgehead atoms. The Kier molecular flexibility index (Phi) is 10.7. The molecule has 46 heavy (non-hydrogen) atoms. The van der Waals surface area contributed by atoms with Crippen molar-refractivity contribution < 1.29 is 28.6 Å². The van der Waals surface area contributed by atoms with Crippen molar-refractivity contribution in [2.75, 3.05) is 7.11 Å². The summed E-state index contributed by atoms with van der Waals surface area (Å²) >= 11 is 1.55. The molecule has 5 rings (SSSR count). The number of methoxy groups -OCH3 is 1. The Labute approximate surface area is 276 Å². The minimum Gasteiger partial charge on any atom is -0.469 e. The predicted molar refractivity (Wildman–Crippen MR) is 178 cm³/mol. The highest BCUT2D eigenvalue weighted by Crippen LogP contribution is 2.48. The number of fused-ring (bicyclic) bond motifs is 2. The number of thiophene rings is 1. The van der Waals surface area contributed by atoms with Gasteiger partial charge in [0.15, 0.2) is 6.10 Å². The molecular formula is C37H48N2O6S. The first kappa shape index (κ1) is 33.9. The van der Waals surface area contributed by atoms with Crippen LogP contribution in [0.1, 0.15) is 95.6 Å². The predicted octanol–water partition coefficient (Wildman–Crippen LogP) is 7.49. The molecule has 0 saturated heterocycles. The van der Waals surface area contributed by atoms with Crippen molar-refractivity contribution in [3.8, 4) is 0 Å². The minimum atomic E-state index is -0.877. The first-order valence-electron chi connectivity index (χ1n) is 16.7. The van der Waals surface area contributed by atoms with Crippen LogP contribution >= 0.6 is 11.3 Å². The van der Waals surface area contributed by atoms with E-state index in [9.17, 15) is 14.4 Å². The third kappa shape index (κ3) is 7.56. The van der Waals surface area contributed by atoms with Crippen molar-refractivity contribution in [3.63, 3.8) is 0 Å². The molecule has 2 aromatic rings. The summed E-state index contributed by atoms with van der Waals surface area (Å²) in [4.78, 5) is 45.4. The molecule has 0 amide bonds. The monoisotopic (exact) mass is 648 g/mol. The van der Waals surface area contributed by atoms with Gasteiger partial charge in [0, 0.05) is 30.7 Å². The Balaban J connectivity index is 1.54. The van der Waals surface area contributed by atoms with Crippen molar-refractivity contribution in [2.24, 2.45) is 23.7 Å². The largest absolute Gasteiger partial charge is 0.469 e. The van der Waals surface area contributed by atoms with Crippen molar-refractivity contribution in [1.82, 2.24) is 9.55 Å². The Bertz CT molecular complexity index is 1500. The van der Waals surface area contributed by atoms with Crippen LogP contribution in [0.5, 0.6) is 0 Å². The van der Waals surface area contributed by atoms with Crippen LogP contribution in [-0.4, -0.2) is 40.2 Å². The summed E-state index contributed by atoms with van der Waals surface area (Å²) in [6.07, 6.45) is 14.8. The molecule has 1 fully saturated rings. The summed E-state index contributed by atoms with van der Waals surface area (Å²) in [6.45, 7) is 9.85. The topological polar surface area (TPSA) is 96.7 Å². The normalized spacial score (nSPS) is 19.7. The number of imidazole rings is 1. The highest BCUT2D eigenvalue weighted by molar-refractivity contribution is 7.09. The van der Waals surface area contributed by atoms with Gasteiger partial charge in [-0.05, 0) is 80.5 Å². The summed E-state index contributed by atoms with van der Waals surface area (Å²) in [5, 5.41) is 1.97. The van der Waals surface area contributed by atoms with Crippen molar-refractivity contribution in [3.05, 3.63) is 75.1 Å². The molecule has 0 aromatic carbocycles. The fourth-order valence-electron chi connectivity index (χ4n) is 7.23. The first-order valence-corrected chi connectivity index (χ1v) is 17.6. The molecule has 2 heterocycles. The lowest BCUT2D eigenvalue weighted by molar-refractivity contribution is -0.161. The smallest absolute Gasteiger partial charge is 0.314 e. The van der Waals surface area contributed by atoms with Gasteiger partial charge in [0.1, 0.15) is 17.3 Å². The zero-order valence-corrected chi connectivity index (χ0v) is 28.9. The Morgan fingerprint density at radius 1 is 1.13 bits per heavy atom. The van der Waals surface area contributed by atoms with Crippen LogP contribution in [0.3, 0.4) is 0 Å². The number of nitrogens with zero attached hydrogens (tertiary/aromatic N) is 2. The summed E-state index contributed by atoms with van der Waals surface area (Å²) in [5.74, 6) is -0.925. The first-order chi connectivity index (χ1) is 22.0. The van der Waals surface area contributed by atoms with Gasteiger partial charge < -0.3 is 18.8 Å². The third-order valence-electron chi connectivity index (χ3n) is 9.30. The number of carbonyl (C=O) groups is 3. The maximum absolute atomic E-state index is 13.7. The van der Waals surface area contributed by atoms with Gasteiger partial charge in [0.25, 0.3) is 0 Å².